The van der Waals surface area contributed by atoms with Gasteiger partial charge in [-0.15, -0.1) is 0 Å². The monoisotopic (exact) mass is 172 g/mol. The molecular weight excluding hydrogens is 152 g/mol. The quantitative estimate of drug-likeness (QED) is 0.644. The maximum absolute atomic E-state index is 9.09. The van der Waals surface area contributed by atoms with E-state index >= 15 is 0 Å². The Bertz CT molecular complexity index is 119. The van der Waals surface area contributed by atoms with E-state index in [2.05, 4.69) is 17.1 Å². The smallest absolute Gasteiger partial charge is 0.0587 e. The summed E-state index contributed by atoms with van der Waals surface area (Å²) < 4.78 is 0. The maximum atomic E-state index is 9.09. The van der Waals surface area contributed by atoms with Crippen LogP contribution in [0.4, 0.5) is 0 Å². The number of aliphatic hydroxyl groups is 1. The molecule has 72 valence electrons. The molecule has 1 aliphatic heterocycles. The molecule has 0 aliphatic carbocycles. The van der Waals surface area contributed by atoms with Crippen LogP contribution in [0.5, 0.6) is 0 Å². The second-order valence-corrected chi connectivity index (χ2v) is 3.41. The third-order valence-electron chi connectivity index (χ3n) is 2.52. The first-order valence-corrected chi connectivity index (χ1v) is 4.94. The summed E-state index contributed by atoms with van der Waals surface area (Å²) in [6.45, 7) is 5.50. The van der Waals surface area contributed by atoms with Crippen LogP contribution in [0.15, 0.2) is 0 Å². The third kappa shape index (κ3) is 2.73. The van der Waals surface area contributed by atoms with Crippen LogP contribution in [0.25, 0.3) is 0 Å². The molecule has 3 heteroatoms. The largest absolute Gasteiger partial charge is 0.395 e. The summed E-state index contributed by atoms with van der Waals surface area (Å²) in [6, 6.07) is 0.401. The standard InChI is InChI=1S/C9H20N2O/c1-2-10-8-11-6-4-3-5-9(11)7-12/h9-10,12H,2-8H2,1H3. The molecule has 2 N–H and O–H groups in total. The van der Waals surface area contributed by atoms with Crippen LogP contribution < -0.4 is 5.32 Å². The van der Waals surface area contributed by atoms with Crippen molar-refractivity contribution >= 4 is 0 Å². The van der Waals surface area contributed by atoms with Crippen molar-refractivity contribution in [3.63, 3.8) is 0 Å². The van der Waals surface area contributed by atoms with E-state index in [1.807, 2.05) is 0 Å². The fourth-order valence-corrected chi connectivity index (χ4v) is 1.73. The average molecular weight is 172 g/mol. The maximum Gasteiger partial charge on any atom is 0.0587 e. The number of likely N-dealkylation sites (tertiary alicyclic amines) is 1. The fraction of sp³-hybridized carbons (Fsp3) is 1.00. The zero-order chi connectivity index (χ0) is 8.81. The molecule has 1 rings (SSSR count). The SMILES string of the molecule is CCNCN1CCCCC1CO. The average Bonchev–Trinajstić information content (AvgIpc) is 2.15. The van der Waals surface area contributed by atoms with Gasteiger partial charge in [-0.05, 0) is 25.9 Å². The van der Waals surface area contributed by atoms with Gasteiger partial charge in [-0.3, -0.25) is 4.90 Å². The summed E-state index contributed by atoms with van der Waals surface area (Å²) in [7, 11) is 0. The molecule has 1 atom stereocenters. The van der Waals surface area contributed by atoms with E-state index in [9.17, 15) is 0 Å². The second-order valence-electron chi connectivity index (χ2n) is 3.41. The number of aliphatic hydroxyl groups excluding tert-OH is 1. The van der Waals surface area contributed by atoms with Gasteiger partial charge in [-0.1, -0.05) is 13.3 Å². The van der Waals surface area contributed by atoms with Gasteiger partial charge in [-0.2, -0.15) is 0 Å². The lowest BCUT2D eigenvalue weighted by atomic mass is 10.0. The van der Waals surface area contributed by atoms with E-state index in [4.69, 9.17) is 5.11 Å². The molecule has 0 aromatic heterocycles. The van der Waals surface area contributed by atoms with Crippen molar-refractivity contribution in [2.45, 2.75) is 32.2 Å². The molecule has 0 saturated carbocycles. The Morgan fingerprint density at radius 1 is 1.50 bits per heavy atom. The topological polar surface area (TPSA) is 35.5 Å². The number of hydrogen-bond acceptors (Lipinski definition) is 3. The van der Waals surface area contributed by atoms with Gasteiger partial charge in [0.05, 0.1) is 6.61 Å². The summed E-state index contributed by atoms with van der Waals surface area (Å²) in [5, 5.41) is 12.4. The normalized spacial score (nSPS) is 26.0. The Labute approximate surface area is 74.8 Å². The molecule has 0 bridgehead atoms. The zero-order valence-corrected chi connectivity index (χ0v) is 7.92. The van der Waals surface area contributed by atoms with Gasteiger partial charge in [0.25, 0.3) is 0 Å². The molecule has 12 heavy (non-hydrogen) atoms. The molecule has 1 heterocycles. The van der Waals surface area contributed by atoms with Crippen molar-refractivity contribution in [2.24, 2.45) is 0 Å². The highest BCUT2D eigenvalue weighted by molar-refractivity contribution is 4.75. The molecule has 0 aromatic rings. The first kappa shape index (κ1) is 9.96. The predicted molar refractivity (Wildman–Crippen MR) is 50.0 cm³/mol. The number of rotatable bonds is 4. The van der Waals surface area contributed by atoms with Crippen LogP contribution >= 0.6 is 0 Å². The van der Waals surface area contributed by atoms with Crippen LogP contribution in [0.2, 0.25) is 0 Å². The van der Waals surface area contributed by atoms with Crippen LogP contribution in [0.1, 0.15) is 26.2 Å². The Balaban J connectivity index is 2.26. The Kier molecular flexibility index (Phi) is 4.58. The van der Waals surface area contributed by atoms with Gasteiger partial charge in [0, 0.05) is 12.7 Å². The Morgan fingerprint density at radius 3 is 3.00 bits per heavy atom. The van der Waals surface area contributed by atoms with Gasteiger partial charge < -0.3 is 10.4 Å². The zero-order valence-electron chi connectivity index (χ0n) is 7.92. The van der Waals surface area contributed by atoms with E-state index in [1.165, 1.54) is 12.8 Å². The molecule has 1 aliphatic rings. The van der Waals surface area contributed by atoms with E-state index in [1.54, 1.807) is 0 Å². The van der Waals surface area contributed by atoms with Crippen molar-refractivity contribution < 1.29 is 5.11 Å². The lowest BCUT2D eigenvalue weighted by Crippen LogP contribution is -2.46. The van der Waals surface area contributed by atoms with Crippen molar-refractivity contribution in [3.8, 4) is 0 Å². The van der Waals surface area contributed by atoms with Crippen LogP contribution in [-0.4, -0.2) is 42.4 Å². The van der Waals surface area contributed by atoms with Crippen molar-refractivity contribution in [3.05, 3.63) is 0 Å². The highest BCUT2D eigenvalue weighted by Crippen LogP contribution is 2.14. The molecule has 3 nitrogen and oxygen atoms in total. The number of piperidine rings is 1. The van der Waals surface area contributed by atoms with Crippen LogP contribution in [0, 0.1) is 0 Å². The summed E-state index contributed by atoms with van der Waals surface area (Å²) >= 11 is 0. The predicted octanol–water partition coefficient (Wildman–Crippen LogP) is 0.400. The highest BCUT2D eigenvalue weighted by Gasteiger charge is 2.20. The van der Waals surface area contributed by atoms with E-state index in [0.29, 0.717) is 12.6 Å². The lowest BCUT2D eigenvalue weighted by molar-refractivity contribution is 0.0836. The molecule has 1 unspecified atom stereocenters. The van der Waals surface area contributed by atoms with Crippen molar-refractivity contribution in [1.29, 1.82) is 0 Å². The molecule has 0 amide bonds. The number of nitrogens with one attached hydrogen (secondary N) is 1. The minimum atomic E-state index is 0.311. The molecule has 0 radical (unpaired) electrons. The van der Waals surface area contributed by atoms with E-state index < -0.39 is 0 Å². The molecule has 1 saturated heterocycles. The highest BCUT2D eigenvalue weighted by atomic mass is 16.3. The summed E-state index contributed by atoms with van der Waals surface area (Å²) in [4.78, 5) is 2.34. The summed E-state index contributed by atoms with van der Waals surface area (Å²) in [5.41, 5.74) is 0. The summed E-state index contributed by atoms with van der Waals surface area (Å²) in [5.74, 6) is 0. The van der Waals surface area contributed by atoms with Crippen molar-refractivity contribution in [1.82, 2.24) is 10.2 Å². The summed E-state index contributed by atoms with van der Waals surface area (Å²) in [6.07, 6.45) is 3.71. The first-order valence-electron chi connectivity index (χ1n) is 4.94. The second kappa shape index (κ2) is 5.51. The Morgan fingerprint density at radius 2 is 2.33 bits per heavy atom. The van der Waals surface area contributed by atoms with Gasteiger partial charge in [0.2, 0.25) is 0 Å². The van der Waals surface area contributed by atoms with Gasteiger partial charge in [-0.25, -0.2) is 0 Å². The van der Waals surface area contributed by atoms with E-state index in [0.717, 1.165) is 26.2 Å². The Hall–Kier alpha value is -0.120. The molecule has 0 spiro atoms. The van der Waals surface area contributed by atoms with Crippen LogP contribution in [0.3, 0.4) is 0 Å². The molecule has 0 aromatic carbocycles. The van der Waals surface area contributed by atoms with Gasteiger partial charge >= 0.3 is 0 Å². The van der Waals surface area contributed by atoms with E-state index in [-0.39, 0.29) is 0 Å². The van der Waals surface area contributed by atoms with Gasteiger partial charge in [0.1, 0.15) is 0 Å². The molecule has 1 fully saturated rings. The number of nitrogens with zero attached hydrogens (tertiary/aromatic N) is 1. The molecular formula is C9H20N2O. The van der Waals surface area contributed by atoms with Crippen LogP contribution in [-0.2, 0) is 0 Å². The third-order valence-corrected chi connectivity index (χ3v) is 2.52. The fourth-order valence-electron chi connectivity index (χ4n) is 1.73. The van der Waals surface area contributed by atoms with Crippen molar-refractivity contribution in [2.75, 3.05) is 26.4 Å². The minimum absolute atomic E-state index is 0.311. The number of hydrogen-bond donors (Lipinski definition) is 2. The van der Waals surface area contributed by atoms with Gasteiger partial charge in [0.15, 0.2) is 0 Å². The first-order chi connectivity index (χ1) is 5.88. The lowest BCUT2D eigenvalue weighted by Gasteiger charge is -2.34. The minimum Gasteiger partial charge on any atom is -0.395 e.